The molecule has 1 aliphatic carbocycles. The molecule has 1 rings (SSSR count). The maximum absolute atomic E-state index is 11.8. The monoisotopic (exact) mass is 298 g/mol. The molecule has 4 nitrogen and oxygen atoms in total. The molecule has 1 fully saturated rings. The fourth-order valence-electron chi connectivity index (χ4n) is 2.86. The number of hydrogen-bond acceptors (Lipinski definition) is 3. The van der Waals surface area contributed by atoms with E-state index in [2.05, 4.69) is 24.5 Å². The Labute approximate surface area is 130 Å². The van der Waals surface area contributed by atoms with Gasteiger partial charge in [-0.05, 0) is 58.8 Å². The van der Waals surface area contributed by atoms with Crippen molar-refractivity contribution in [2.45, 2.75) is 90.8 Å². The van der Waals surface area contributed by atoms with Crippen molar-refractivity contribution >= 4 is 6.09 Å². The van der Waals surface area contributed by atoms with Gasteiger partial charge in [0, 0.05) is 18.6 Å². The average Bonchev–Trinajstić information content (AvgIpc) is 2.42. The second-order valence-corrected chi connectivity index (χ2v) is 7.29. The van der Waals surface area contributed by atoms with E-state index in [0.717, 1.165) is 18.9 Å². The van der Waals surface area contributed by atoms with E-state index in [1.165, 1.54) is 32.1 Å². The fourth-order valence-corrected chi connectivity index (χ4v) is 2.86. The van der Waals surface area contributed by atoms with Crippen LogP contribution in [0.25, 0.3) is 0 Å². The lowest BCUT2D eigenvalue weighted by molar-refractivity contribution is 0.0501. The minimum Gasteiger partial charge on any atom is -0.444 e. The molecular weight excluding hydrogens is 264 g/mol. The van der Waals surface area contributed by atoms with Gasteiger partial charge in [-0.2, -0.15) is 0 Å². The Balaban J connectivity index is 2.26. The highest BCUT2D eigenvalue weighted by atomic mass is 16.6. The largest absolute Gasteiger partial charge is 0.444 e. The van der Waals surface area contributed by atoms with Gasteiger partial charge in [0.05, 0.1) is 0 Å². The molecule has 1 amide bonds. The first-order chi connectivity index (χ1) is 9.84. The Bertz CT molecular complexity index is 304. The molecule has 0 bridgehead atoms. The topological polar surface area (TPSA) is 50.4 Å². The summed E-state index contributed by atoms with van der Waals surface area (Å²) in [7, 11) is 0. The minimum atomic E-state index is -0.436. The first-order valence-corrected chi connectivity index (χ1v) is 8.57. The van der Waals surface area contributed by atoms with Gasteiger partial charge >= 0.3 is 6.09 Å². The number of alkyl carbamates (subject to hydrolysis) is 1. The SMILES string of the molecule is CCC1CCC(NCC(CC)NC(=O)OC(C)(C)C)CC1. The molecule has 0 aromatic rings. The first-order valence-electron chi connectivity index (χ1n) is 8.57. The Morgan fingerprint density at radius 3 is 2.29 bits per heavy atom. The predicted octanol–water partition coefficient (Wildman–Crippen LogP) is 3.85. The minimum absolute atomic E-state index is 0.142. The van der Waals surface area contributed by atoms with E-state index in [4.69, 9.17) is 4.74 Å². The second-order valence-electron chi connectivity index (χ2n) is 7.29. The number of carbonyl (C=O) groups excluding carboxylic acids is 1. The van der Waals surface area contributed by atoms with Crippen molar-refractivity contribution in [3.63, 3.8) is 0 Å². The van der Waals surface area contributed by atoms with Crippen LogP contribution in [0.4, 0.5) is 4.79 Å². The predicted molar refractivity (Wildman–Crippen MR) is 87.5 cm³/mol. The van der Waals surface area contributed by atoms with E-state index < -0.39 is 5.60 Å². The molecule has 0 heterocycles. The van der Waals surface area contributed by atoms with Gasteiger partial charge in [-0.3, -0.25) is 0 Å². The number of rotatable bonds is 6. The summed E-state index contributed by atoms with van der Waals surface area (Å²) >= 11 is 0. The lowest BCUT2D eigenvalue weighted by atomic mass is 9.84. The quantitative estimate of drug-likeness (QED) is 0.783. The van der Waals surface area contributed by atoms with Crippen molar-refractivity contribution in [3.8, 4) is 0 Å². The standard InChI is InChI=1S/C17H34N2O2/c1-6-13-8-10-15(11-9-13)18-12-14(7-2)19-16(20)21-17(3,4)5/h13-15,18H,6-12H2,1-5H3,(H,19,20). The van der Waals surface area contributed by atoms with Crippen molar-refractivity contribution in [3.05, 3.63) is 0 Å². The Morgan fingerprint density at radius 1 is 1.19 bits per heavy atom. The van der Waals surface area contributed by atoms with Gasteiger partial charge < -0.3 is 15.4 Å². The van der Waals surface area contributed by atoms with Crippen LogP contribution in [0.2, 0.25) is 0 Å². The third-order valence-corrected chi connectivity index (χ3v) is 4.29. The van der Waals surface area contributed by atoms with Crippen LogP contribution >= 0.6 is 0 Å². The summed E-state index contributed by atoms with van der Waals surface area (Å²) in [5.41, 5.74) is -0.436. The first kappa shape index (κ1) is 18.3. The van der Waals surface area contributed by atoms with Gasteiger partial charge in [0.15, 0.2) is 0 Å². The van der Waals surface area contributed by atoms with Crippen LogP contribution in [-0.2, 0) is 4.74 Å². The Kier molecular flexibility index (Phi) is 7.50. The molecule has 4 heteroatoms. The summed E-state index contributed by atoms with van der Waals surface area (Å²) in [4.78, 5) is 11.8. The maximum Gasteiger partial charge on any atom is 0.407 e. The number of ether oxygens (including phenoxy) is 1. The van der Waals surface area contributed by atoms with Crippen molar-refractivity contribution < 1.29 is 9.53 Å². The number of nitrogens with one attached hydrogen (secondary N) is 2. The molecule has 21 heavy (non-hydrogen) atoms. The van der Waals surface area contributed by atoms with E-state index in [-0.39, 0.29) is 12.1 Å². The van der Waals surface area contributed by atoms with Crippen LogP contribution < -0.4 is 10.6 Å². The Morgan fingerprint density at radius 2 is 1.81 bits per heavy atom. The fraction of sp³-hybridized carbons (Fsp3) is 0.941. The van der Waals surface area contributed by atoms with Gasteiger partial charge in [0.25, 0.3) is 0 Å². The smallest absolute Gasteiger partial charge is 0.407 e. The number of carbonyl (C=O) groups is 1. The van der Waals surface area contributed by atoms with Crippen molar-refractivity contribution in [1.29, 1.82) is 0 Å². The summed E-state index contributed by atoms with van der Waals surface area (Å²) < 4.78 is 5.31. The zero-order valence-electron chi connectivity index (χ0n) is 14.5. The van der Waals surface area contributed by atoms with Crippen molar-refractivity contribution in [1.82, 2.24) is 10.6 Å². The zero-order valence-corrected chi connectivity index (χ0v) is 14.5. The van der Waals surface area contributed by atoms with Gasteiger partial charge in [-0.1, -0.05) is 20.3 Å². The highest BCUT2D eigenvalue weighted by molar-refractivity contribution is 5.68. The van der Waals surface area contributed by atoms with Crippen molar-refractivity contribution in [2.75, 3.05) is 6.54 Å². The van der Waals surface area contributed by atoms with Crippen LogP contribution in [0.1, 0.15) is 73.1 Å². The summed E-state index contributed by atoms with van der Waals surface area (Å²) in [5, 5.41) is 6.57. The van der Waals surface area contributed by atoms with Gasteiger partial charge in [0.1, 0.15) is 5.60 Å². The normalized spacial score (nSPS) is 24.4. The molecule has 2 N–H and O–H groups in total. The molecule has 0 aromatic carbocycles. The lowest BCUT2D eigenvalue weighted by Gasteiger charge is -2.30. The van der Waals surface area contributed by atoms with E-state index >= 15 is 0 Å². The molecule has 0 aromatic heterocycles. The molecule has 0 spiro atoms. The molecule has 0 radical (unpaired) electrons. The van der Waals surface area contributed by atoms with E-state index in [0.29, 0.717) is 6.04 Å². The highest BCUT2D eigenvalue weighted by Crippen LogP contribution is 2.26. The number of hydrogen-bond donors (Lipinski definition) is 2. The molecule has 124 valence electrons. The number of amides is 1. The van der Waals surface area contributed by atoms with Gasteiger partial charge in [-0.25, -0.2) is 4.79 Å². The van der Waals surface area contributed by atoms with Gasteiger partial charge in [0.2, 0.25) is 0 Å². The molecule has 1 atom stereocenters. The summed E-state index contributed by atoms with van der Waals surface area (Å²) in [6.45, 7) is 10.9. The maximum atomic E-state index is 11.8. The molecule has 0 saturated heterocycles. The van der Waals surface area contributed by atoms with Crippen LogP contribution in [0.3, 0.4) is 0 Å². The zero-order chi connectivity index (χ0) is 15.9. The third-order valence-electron chi connectivity index (χ3n) is 4.29. The van der Waals surface area contributed by atoms with Crippen LogP contribution in [0.5, 0.6) is 0 Å². The third kappa shape index (κ3) is 7.70. The molecule has 1 saturated carbocycles. The van der Waals surface area contributed by atoms with Crippen LogP contribution in [0, 0.1) is 5.92 Å². The summed E-state index contributed by atoms with van der Waals surface area (Å²) in [5.74, 6) is 0.921. The summed E-state index contributed by atoms with van der Waals surface area (Å²) in [6, 6.07) is 0.756. The van der Waals surface area contributed by atoms with Crippen LogP contribution in [0.15, 0.2) is 0 Å². The van der Waals surface area contributed by atoms with Crippen LogP contribution in [-0.4, -0.2) is 30.3 Å². The van der Waals surface area contributed by atoms with Crippen molar-refractivity contribution in [2.24, 2.45) is 5.92 Å². The van der Waals surface area contributed by atoms with E-state index in [1.807, 2.05) is 20.8 Å². The molecule has 0 aliphatic heterocycles. The highest BCUT2D eigenvalue weighted by Gasteiger charge is 2.22. The second kappa shape index (κ2) is 8.62. The average molecular weight is 298 g/mol. The van der Waals surface area contributed by atoms with E-state index in [1.54, 1.807) is 0 Å². The van der Waals surface area contributed by atoms with Gasteiger partial charge in [-0.15, -0.1) is 0 Å². The molecular formula is C17H34N2O2. The lowest BCUT2D eigenvalue weighted by Crippen LogP contribution is -2.46. The molecule has 1 aliphatic rings. The summed E-state index contributed by atoms with van der Waals surface area (Å²) in [6.07, 6.45) is 7.12. The molecule has 1 unspecified atom stereocenters. The Hall–Kier alpha value is -0.770. The van der Waals surface area contributed by atoms with E-state index in [9.17, 15) is 4.79 Å².